The van der Waals surface area contributed by atoms with Crippen LogP contribution in [0.1, 0.15) is 11.1 Å². The van der Waals surface area contributed by atoms with Crippen LogP contribution in [0.25, 0.3) is 0 Å². The average Bonchev–Trinajstić information content (AvgIpc) is 2.48. The van der Waals surface area contributed by atoms with Gasteiger partial charge in [0.25, 0.3) is 0 Å². The number of nitrogens with two attached hydrogens (primary N) is 1. The van der Waals surface area contributed by atoms with Crippen LogP contribution in [0.3, 0.4) is 0 Å². The molecule has 0 heterocycles. The smallest absolute Gasteiger partial charge is 0.148 e. The maximum Gasteiger partial charge on any atom is 0.148 e. The van der Waals surface area contributed by atoms with Crippen molar-refractivity contribution in [2.75, 3.05) is 6.54 Å². The Morgan fingerprint density at radius 2 is 2.00 bits per heavy atom. The summed E-state index contributed by atoms with van der Waals surface area (Å²) >= 11 is 5.70. The van der Waals surface area contributed by atoms with E-state index in [1.54, 1.807) is 12.1 Å². The van der Waals surface area contributed by atoms with Crippen LogP contribution in [0, 0.1) is 23.5 Å². The van der Waals surface area contributed by atoms with Crippen LogP contribution >= 0.6 is 11.6 Å². The molecule has 0 saturated carbocycles. The first-order chi connectivity index (χ1) is 10.1. The van der Waals surface area contributed by atoms with Gasteiger partial charge in [0, 0.05) is 5.56 Å². The van der Waals surface area contributed by atoms with Crippen LogP contribution in [0.15, 0.2) is 36.4 Å². The summed E-state index contributed by atoms with van der Waals surface area (Å²) in [5.74, 6) is 4.74. The van der Waals surface area contributed by atoms with E-state index in [0.717, 1.165) is 0 Å². The lowest BCUT2D eigenvalue weighted by atomic mass is 10.2. The van der Waals surface area contributed by atoms with E-state index in [1.807, 2.05) is 0 Å². The SMILES string of the molecule is NCC#Cc1cc(F)ccc1OCc1cccc(Cl)c1F. The summed E-state index contributed by atoms with van der Waals surface area (Å²) < 4.78 is 32.5. The van der Waals surface area contributed by atoms with Gasteiger partial charge in [-0.2, -0.15) is 0 Å². The molecule has 0 bridgehead atoms. The number of hydrogen-bond donors (Lipinski definition) is 1. The molecule has 0 amide bonds. The highest BCUT2D eigenvalue weighted by Crippen LogP contribution is 2.23. The normalized spacial score (nSPS) is 9.90. The molecule has 21 heavy (non-hydrogen) atoms. The molecule has 0 fully saturated rings. The van der Waals surface area contributed by atoms with Gasteiger partial charge in [0.15, 0.2) is 0 Å². The number of rotatable bonds is 3. The molecule has 2 N–H and O–H groups in total. The Bertz CT molecular complexity index is 707. The van der Waals surface area contributed by atoms with Crippen LogP contribution < -0.4 is 10.5 Å². The molecule has 108 valence electrons. The zero-order valence-corrected chi connectivity index (χ0v) is 11.8. The van der Waals surface area contributed by atoms with Gasteiger partial charge < -0.3 is 10.5 Å². The predicted molar refractivity (Wildman–Crippen MR) is 78.1 cm³/mol. The van der Waals surface area contributed by atoms with Crippen molar-refractivity contribution >= 4 is 11.6 Å². The van der Waals surface area contributed by atoms with E-state index in [4.69, 9.17) is 22.1 Å². The lowest BCUT2D eigenvalue weighted by Gasteiger charge is -2.09. The highest BCUT2D eigenvalue weighted by atomic mass is 35.5. The standard InChI is InChI=1S/C16H12ClF2NO/c17-14-5-1-3-12(16(14)19)10-21-15-7-6-13(18)9-11(15)4-2-8-20/h1,3,5-7,9H,8,10,20H2. The van der Waals surface area contributed by atoms with E-state index in [1.165, 1.54) is 24.3 Å². The van der Waals surface area contributed by atoms with Gasteiger partial charge in [-0.05, 0) is 24.3 Å². The van der Waals surface area contributed by atoms with E-state index >= 15 is 0 Å². The summed E-state index contributed by atoms with van der Waals surface area (Å²) in [4.78, 5) is 0. The maximum atomic E-state index is 13.8. The summed E-state index contributed by atoms with van der Waals surface area (Å²) in [7, 11) is 0. The number of ether oxygens (including phenoxy) is 1. The van der Waals surface area contributed by atoms with Crippen LogP contribution in [0.2, 0.25) is 5.02 Å². The third-order valence-corrected chi connectivity index (χ3v) is 2.97. The minimum Gasteiger partial charge on any atom is -0.487 e. The topological polar surface area (TPSA) is 35.2 Å². The lowest BCUT2D eigenvalue weighted by Crippen LogP contribution is -2.01. The Kier molecular flexibility index (Phi) is 5.15. The molecule has 0 aromatic heterocycles. The fraction of sp³-hybridized carbons (Fsp3) is 0.125. The van der Waals surface area contributed by atoms with Crippen molar-refractivity contribution in [3.8, 4) is 17.6 Å². The summed E-state index contributed by atoms with van der Waals surface area (Å²) in [6.07, 6.45) is 0. The van der Waals surface area contributed by atoms with Gasteiger partial charge >= 0.3 is 0 Å². The summed E-state index contributed by atoms with van der Waals surface area (Å²) in [5, 5.41) is 0.0263. The molecule has 0 unspecified atom stereocenters. The van der Waals surface area contributed by atoms with Gasteiger partial charge in [0.1, 0.15) is 24.0 Å². The fourth-order valence-electron chi connectivity index (χ4n) is 1.69. The Morgan fingerprint density at radius 3 is 2.76 bits per heavy atom. The van der Waals surface area contributed by atoms with E-state index in [0.29, 0.717) is 16.9 Å². The first kappa shape index (κ1) is 15.3. The molecule has 0 atom stereocenters. The predicted octanol–water partition coefficient (Wildman–Crippen LogP) is 3.51. The molecule has 0 aliphatic carbocycles. The molecule has 0 saturated heterocycles. The average molecular weight is 308 g/mol. The van der Waals surface area contributed by atoms with Gasteiger partial charge in [-0.1, -0.05) is 35.6 Å². The first-order valence-electron chi connectivity index (χ1n) is 6.16. The van der Waals surface area contributed by atoms with Crippen molar-refractivity contribution in [3.05, 3.63) is 64.2 Å². The minimum atomic E-state index is -0.532. The van der Waals surface area contributed by atoms with Crippen LogP contribution in [-0.2, 0) is 6.61 Å². The molecule has 2 aromatic carbocycles. The van der Waals surface area contributed by atoms with Gasteiger partial charge in [-0.15, -0.1) is 0 Å². The quantitative estimate of drug-likeness (QED) is 0.881. The molecule has 2 rings (SSSR count). The maximum absolute atomic E-state index is 13.8. The second kappa shape index (κ2) is 7.07. The van der Waals surface area contributed by atoms with Crippen LogP contribution in [-0.4, -0.2) is 6.54 Å². The van der Waals surface area contributed by atoms with Crippen LogP contribution in [0.4, 0.5) is 8.78 Å². The fourth-order valence-corrected chi connectivity index (χ4v) is 1.88. The Morgan fingerprint density at radius 1 is 1.19 bits per heavy atom. The van der Waals surface area contributed by atoms with Gasteiger partial charge in [0.2, 0.25) is 0 Å². The van der Waals surface area contributed by atoms with Crippen molar-refractivity contribution in [2.24, 2.45) is 5.73 Å². The largest absolute Gasteiger partial charge is 0.487 e. The Labute approximate surface area is 126 Å². The third-order valence-electron chi connectivity index (χ3n) is 2.68. The highest BCUT2D eigenvalue weighted by Gasteiger charge is 2.09. The second-order valence-electron chi connectivity index (χ2n) is 4.15. The zero-order valence-electron chi connectivity index (χ0n) is 11.0. The third kappa shape index (κ3) is 3.94. The molecular weight excluding hydrogens is 296 g/mol. The molecule has 0 aliphatic heterocycles. The second-order valence-corrected chi connectivity index (χ2v) is 4.56. The number of benzene rings is 2. The molecule has 5 heteroatoms. The first-order valence-corrected chi connectivity index (χ1v) is 6.54. The zero-order chi connectivity index (χ0) is 15.2. The lowest BCUT2D eigenvalue weighted by molar-refractivity contribution is 0.298. The van der Waals surface area contributed by atoms with Crippen molar-refractivity contribution < 1.29 is 13.5 Å². The Balaban J connectivity index is 2.22. The number of halogens is 3. The van der Waals surface area contributed by atoms with E-state index in [2.05, 4.69) is 11.8 Å². The Hall–Kier alpha value is -2.09. The molecule has 2 aromatic rings. The summed E-state index contributed by atoms with van der Waals surface area (Å²) in [5.41, 5.74) is 5.97. The van der Waals surface area contributed by atoms with E-state index in [9.17, 15) is 8.78 Å². The summed E-state index contributed by atoms with van der Waals surface area (Å²) in [6, 6.07) is 8.58. The van der Waals surface area contributed by atoms with Crippen LogP contribution in [0.5, 0.6) is 5.75 Å². The monoisotopic (exact) mass is 307 g/mol. The molecule has 2 nitrogen and oxygen atoms in total. The van der Waals surface area contributed by atoms with E-state index < -0.39 is 11.6 Å². The molecule has 0 radical (unpaired) electrons. The van der Waals surface area contributed by atoms with Gasteiger partial charge in [-0.3, -0.25) is 0 Å². The van der Waals surface area contributed by atoms with E-state index in [-0.39, 0.29) is 18.2 Å². The summed E-state index contributed by atoms with van der Waals surface area (Å²) in [6.45, 7) is 0.119. The van der Waals surface area contributed by atoms with Crippen molar-refractivity contribution in [1.82, 2.24) is 0 Å². The molecule has 0 aliphatic rings. The highest BCUT2D eigenvalue weighted by molar-refractivity contribution is 6.30. The molecular formula is C16H12ClF2NO. The minimum absolute atomic E-state index is 0.0263. The van der Waals surface area contributed by atoms with Gasteiger partial charge in [-0.25, -0.2) is 8.78 Å². The molecule has 0 spiro atoms. The van der Waals surface area contributed by atoms with Gasteiger partial charge in [0.05, 0.1) is 17.1 Å². The van der Waals surface area contributed by atoms with Crippen molar-refractivity contribution in [2.45, 2.75) is 6.61 Å². The van der Waals surface area contributed by atoms with Crippen molar-refractivity contribution in [1.29, 1.82) is 0 Å². The van der Waals surface area contributed by atoms with Crippen molar-refractivity contribution in [3.63, 3.8) is 0 Å². The number of hydrogen-bond acceptors (Lipinski definition) is 2.